The van der Waals surface area contributed by atoms with Gasteiger partial charge in [-0.25, -0.2) is 19.2 Å². The van der Waals surface area contributed by atoms with Gasteiger partial charge in [-0.2, -0.15) is 0 Å². The first-order valence-corrected chi connectivity index (χ1v) is 14.4. The quantitative estimate of drug-likeness (QED) is 0.137. The molecule has 250 valence electrons. The third-order valence-corrected chi connectivity index (χ3v) is 7.46. The average molecular weight is 659 g/mol. The molecule has 0 radical (unpaired) electrons. The normalized spacial score (nSPS) is 10.4. The van der Waals surface area contributed by atoms with E-state index in [4.69, 9.17) is 37.9 Å². The summed E-state index contributed by atoms with van der Waals surface area (Å²) in [4.78, 5) is 54.3. The monoisotopic (exact) mass is 658 g/mol. The number of esters is 4. The van der Waals surface area contributed by atoms with Gasteiger partial charge in [-0.1, -0.05) is 36.4 Å². The molecule has 12 heteroatoms. The van der Waals surface area contributed by atoms with E-state index in [1.807, 2.05) is 0 Å². The Kier molecular flexibility index (Phi) is 10.9. The third-order valence-electron chi connectivity index (χ3n) is 7.46. The van der Waals surface area contributed by atoms with Crippen LogP contribution in [0.25, 0.3) is 11.1 Å². The van der Waals surface area contributed by atoms with Crippen LogP contribution < -0.4 is 28.4 Å². The Hall–Kier alpha value is -6.04. The summed E-state index contributed by atoms with van der Waals surface area (Å²) in [6, 6.07) is 16.0. The fourth-order valence-electron chi connectivity index (χ4n) is 5.28. The van der Waals surface area contributed by atoms with Crippen LogP contribution in [0.2, 0.25) is 0 Å². The standard InChI is InChI=1S/C36H34O12/c1-19-23(35(39)45-7)29(47-33(37)21-15-11-9-12-16-21)25(31(43-5)27(19)41-3)26-30(48-34(38)22-17-13-10-14-18-22)24(36(40)46-8)20(2)28(42-4)32(26)44-6/h9-18H,1-8H3. The highest BCUT2D eigenvalue weighted by Gasteiger charge is 2.39. The van der Waals surface area contributed by atoms with Gasteiger partial charge in [0.1, 0.15) is 11.1 Å². The molecule has 0 N–H and O–H groups in total. The molecular formula is C36H34O12. The predicted molar refractivity (Wildman–Crippen MR) is 173 cm³/mol. The summed E-state index contributed by atoms with van der Waals surface area (Å²) in [5.74, 6) is -4.34. The highest BCUT2D eigenvalue weighted by Crippen LogP contribution is 2.58. The second-order valence-electron chi connectivity index (χ2n) is 10.0. The van der Waals surface area contributed by atoms with Crippen molar-refractivity contribution in [3.05, 3.63) is 94.0 Å². The molecule has 12 nitrogen and oxygen atoms in total. The highest BCUT2D eigenvalue weighted by atomic mass is 16.6. The minimum Gasteiger partial charge on any atom is -0.493 e. The molecule has 4 aromatic carbocycles. The van der Waals surface area contributed by atoms with Gasteiger partial charge in [0.15, 0.2) is 34.5 Å². The molecule has 0 aliphatic heterocycles. The van der Waals surface area contributed by atoms with Crippen molar-refractivity contribution in [3.8, 4) is 45.6 Å². The van der Waals surface area contributed by atoms with Crippen molar-refractivity contribution in [3.63, 3.8) is 0 Å². The zero-order valence-electron chi connectivity index (χ0n) is 27.7. The van der Waals surface area contributed by atoms with Crippen molar-refractivity contribution in [1.29, 1.82) is 0 Å². The van der Waals surface area contributed by atoms with Crippen molar-refractivity contribution in [2.24, 2.45) is 0 Å². The van der Waals surface area contributed by atoms with Crippen LogP contribution in [0, 0.1) is 13.8 Å². The maximum atomic E-state index is 13.7. The lowest BCUT2D eigenvalue weighted by Gasteiger charge is -2.26. The molecule has 4 rings (SSSR count). The Balaban J connectivity index is 2.29. The molecular weight excluding hydrogens is 624 g/mol. The number of carbonyl (C=O) groups excluding carboxylic acids is 4. The third kappa shape index (κ3) is 6.32. The maximum Gasteiger partial charge on any atom is 0.343 e. The SMILES string of the molecule is COC(=O)c1c(C)c(OC)c(OC)c(-c2c(OC)c(OC)c(C)c(C(=O)OC)c2OC(=O)c2ccccc2)c1OC(=O)c1ccccc1. The molecule has 0 spiro atoms. The van der Waals surface area contributed by atoms with Crippen LogP contribution >= 0.6 is 0 Å². The van der Waals surface area contributed by atoms with Crippen LogP contribution in [0.4, 0.5) is 0 Å². The first kappa shape index (κ1) is 34.8. The van der Waals surface area contributed by atoms with Gasteiger partial charge >= 0.3 is 23.9 Å². The molecule has 0 amide bonds. The second-order valence-corrected chi connectivity index (χ2v) is 10.0. The number of benzene rings is 4. The van der Waals surface area contributed by atoms with E-state index in [0.717, 1.165) is 14.2 Å². The molecule has 0 fully saturated rings. The summed E-state index contributed by atoms with van der Waals surface area (Å²) < 4.78 is 45.4. The molecule has 48 heavy (non-hydrogen) atoms. The van der Waals surface area contributed by atoms with Gasteiger partial charge in [-0.15, -0.1) is 0 Å². The Morgan fingerprint density at radius 1 is 0.417 bits per heavy atom. The van der Waals surface area contributed by atoms with Gasteiger partial charge in [-0.05, 0) is 38.1 Å². The number of ether oxygens (including phenoxy) is 8. The maximum absolute atomic E-state index is 13.7. The number of hydrogen-bond donors (Lipinski definition) is 0. The van der Waals surface area contributed by atoms with Gasteiger partial charge in [0.25, 0.3) is 0 Å². The van der Waals surface area contributed by atoms with Gasteiger partial charge in [-0.3, -0.25) is 0 Å². The average Bonchev–Trinajstić information content (AvgIpc) is 3.11. The van der Waals surface area contributed by atoms with Gasteiger partial charge in [0.05, 0.1) is 64.9 Å². The first-order valence-electron chi connectivity index (χ1n) is 14.4. The lowest BCUT2D eigenvalue weighted by atomic mass is 9.90. The lowest BCUT2D eigenvalue weighted by Crippen LogP contribution is -2.18. The molecule has 0 bridgehead atoms. The Bertz CT molecular complexity index is 1730. The molecule has 0 saturated carbocycles. The molecule has 0 heterocycles. The number of rotatable bonds is 11. The molecule has 0 aromatic heterocycles. The number of methoxy groups -OCH3 is 6. The van der Waals surface area contributed by atoms with Gasteiger partial charge in [0.2, 0.25) is 0 Å². The van der Waals surface area contributed by atoms with E-state index in [2.05, 4.69) is 0 Å². The molecule has 0 saturated heterocycles. The number of hydrogen-bond acceptors (Lipinski definition) is 12. The van der Waals surface area contributed by atoms with Crippen molar-refractivity contribution < 1.29 is 57.1 Å². The fourth-order valence-corrected chi connectivity index (χ4v) is 5.28. The lowest BCUT2D eigenvalue weighted by molar-refractivity contribution is 0.0577. The highest BCUT2D eigenvalue weighted by molar-refractivity contribution is 6.08. The summed E-state index contributed by atoms with van der Waals surface area (Å²) in [5, 5.41) is 0. The van der Waals surface area contributed by atoms with Gasteiger partial charge < -0.3 is 37.9 Å². The minimum absolute atomic E-state index is 0.0361. The molecule has 0 unspecified atom stereocenters. The van der Waals surface area contributed by atoms with Crippen LogP contribution in [-0.2, 0) is 9.47 Å². The van der Waals surface area contributed by atoms with Crippen LogP contribution in [0.1, 0.15) is 52.6 Å². The Morgan fingerprint density at radius 3 is 1.00 bits per heavy atom. The fraction of sp³-hybridized carbons (Fsp3) is 0.222. The molecule has 4 aromatic rings. The Morgan fingerprint density at radius 2 is 0.729 bits per heavy atom. The minimum atomic E-state index is -0.903. The van der Waals surface area contributed by atoms with Gasteiger partial charge in [0, 0.05) is 11.1 Å². The summed E-state index contributed by atoms with van der Waals surface area (Å²) in [5.41, 5.74) is -0.115. The summed E-state index contributed by atoms with van der Waals surface area (Å²) in [7, 11) is 7.62. The van der Waals surface area contributed by atoms with Crippen molar-refractivity contribution in [2.75, 3.05) is 42.7 Å². The second kappa shape index (κ2) is 15.0. The van der Waals surface area contributed by atoms with E-state index in [0.29, 0.717) is 0 Å². The first-order chi connectivity index (χ1) is 23.1. The zero-order chi connectivity index (χ0) is 35.1. The van der Waals surface area contributed by atoms with E-state index in [9.17, 15) is 19.2 Å². The summed E-state index contributed by atoms with van der Waals surface area (Å²) in [6.45, 7) is 3.08. The summed E-state index contributed by atoms with van der Waals surface area (Å²) >= 11 is 0. The van der Waals surface area contributed by atoms with Crippen molar-refractivity contribution in [2.45, 2.75) is 13.8 Å². The van der Waals surface area contributed by atoms with E-state index in [-0.39, 0.29) is 79.0 Å². The molecule has 0 aliphatic rings. The Labute approximate surface area is 277 Å². The van der Waals surface area contributed by atoms with Crippen LogP contribution in [0.5, 0.6) is 34.5 Å². The molecule has 0 atom stereocenters. The van der Waals surface area contributed by atoms with Crippen LogP contribution in [0.3, 0.4) is 0 Å². The van der Waals surface area contributed by atoms with Crippen molar-refractivity contribution in [1.82, 2.24) is 0 Å². The van der Waals surface area contributed by atoms with E-state index < -0.39 is 23.9 Å². The molecule has 0 aliphatic carbocycles. The van der Waals surface area contributed by atoms with Crippen molar-refractivity contribution >= 4 is 23.9 Å². The topological polar surface area (TPSA) is 142 Å². The largest absolute Gasteiger partial charge is 0.493 e. The van der Waals surface area contributed by atoms with Crippen LogP contribution in [0.15, 0.2) is 60.7 Å². The van der Waals surface area contributed by atoms with Crippen LogP contribution in [-0.4, -0.2) is 66.5 Å². The van der Waals surface area contributed by atoms with E-state index in [1.54, 1.807) is 50.2 Å². The van der Waals surface area contributed by atoms with E-state index in [1.165, 1.54) is 52.7 Å². The van der Waals surface area contributed by atoms with E-state index >= 15 is 0 Å². The summed E-state index contributed by atoms with van der Waals surface area (Å²) in [6.07, 6.45) is 0. The number of carbonyl (C=O) groups is 4. The zero-order valence-corrected chi connectivity index (χ0v) is 27.7. The smallest absolute Gasteiger partial charge is 0.343 e. The predicted octanol–water partition coefficient (Wildman–Crippen LogP) is 6.02.